The standard InChI is InChI=1S/C35H44N2O7/c1-33-14-11-23(38)17-22(33)7-8-25-26-12-15-35(43,34(26,2)18-28(39)32(25)33)29(40)20-44-31(42)10-9-30(41)36-16-13-21-19-37-27-6-4-3-5-24(21)27/h3-6,17,19,25-26,28,32,37,39,43H,7-16,18,20H2,1-2H3,(H,36,41)/t25?,26?,28?,32?,33-,34-,35-/m0/s1. The van der Waals surface area contributed by atoms with Gasteiger partial charge in [0.1, 0.15) is 5.60 Å². The van der Waals surface area contributed by atoms with Crippen molar-refractivity contribution in [3.63, 3.8) is 0 Å². The van der Waals surface area contributed by atoms with Gasteiger partial charge >= 0.3 is 5.97 Å². The van der Waals surface area contributed by atoms with Crippen LogP contribution in [-0.4, -0.2) is 63.5 Å². The number of hydrogen-bond acceptors (Lipinski definition) is 7. The van der Waals surface area contributed by atoms with Crippen molar-refractivity contribution in [1.82, 2.24) is 10.3 Å². The predicted molar refractivity (Wildman–Crippen MR) is 163 cm³/mol. The molecule has 4 aliphatic rings. The summed E-state index contributed by atoms with van der Waals surface area (Å²) in [7, 11) is 0. The number of ether oxygens (including phenoxy) is 1. The highest BCUT2D eigenvalue weighted by atomic mass is 16.5. The molecule has 4 unspecified atom stereocenters. The molecule has 1 amide bonds. The monoisotopic (exact) mass is 604 g/mol. The molecule has 7 atom stereocenters. The van der Waals surface area contributed by atoms with Crippen molar-refractivity contribution in [1.29, 1.82) is 0 Å². The average molecular weight is 605 g/mol. The highest BCUT2D eigenvalue weighted by Gasteiger charge is 2.68. The number of allylic oxidation sites excluding steroid dienone is 1. The number of ketones is 2. The molecular weight excluding hydrogens is 560 g/mol. The number of benzene rings is 1. The molecule has 3 fully saturated rings. The Morgan fingerprint density at radius 1 is 1.09 bits per heavy atom. The summed E-state index contributed by atoms with van der Waals surface area (Å²) in [5.41, 5.74) is 0.481. The van der Waals surface area contributed by atoms with E-state index in [-0.39, 0.29) is 60.5 Å². The fraction of sp³-hybridized carbons (Fsp3) is 0.600. The van der Waals surface area contributed by atoms with Gasteiger partial charge in [0.2, 0.25) is 11.7 Å². The smallest absolute Gasteiger partial charge is 0.306 e. The van der Waals surface area contributed by atoms with Gasteiger partial charge in [0.25, 0.3) is 0 Å². The minimum Gasteiger partial charge on any atom is -0.458 e. The van der Waals surface area contributed by atoms with Crippen molar-refractivity contribution >= 4 is 34.3 Å². The van der Waals surface area contributed by atoms with E-state index in [1.807, 2.05) is 37.4 Å². The fourth-order valence-electron chi connectivity index (χ4n) is 9.47. The Balaban J connectivity index is 1.00. The number of aliphatic hydroxyl groups is 2. The number of aliphatic hydroxyl groups excluding tert-OH is 1. The van der Waals surface area contributed by atoms with Crippen LogP contribution in [0.25, 0.3) is 10.9 Å². The molecule has 0 aliphatic heterocycles. The second-order valence-electron chi connectivity index (χ2n) is 14.0. The number of para-hydroxylation sites is 1. The number of carbonyl (C=O) groups excluding carboxylic acids is 4. The van der Waals surface area contributed by atoms with E-state index < -0.39 is 35.5 Å². The van der Waals surface area contributed by atoms with Crippen LogP contribution in [0, 0.1) is 28.6 Å². The zero-order valence-corrected chi connectivity index (χ0v) is 25.7. The Labute approximate surface area is 257 Å². The quantitative estimate of drug-likeness (QED) is 0.317. The minimum absolute atomic E-state index is 0.0162. The van der Waals surface area contributed by atoms with Crippen LogP contribution >= 0.6 is 0 Å². The van der Waals surface area contributed by atoms with Crippen LogP contribution in [0.4, 0.5) is 0 Å². The van der Waals surface area contributed by atoms with Gasteiger partial charge < -0.3 is 25.3 Å². The zero-order valence-electron chi connectivity index (χ0n) is 25.7. The van der Waals surface area contributed by atoms with Crippen molar-refractivity contribution in [2.24, 2.45) is 28.6 Å². The summed E-state index contributed by atoms with van der Waals surface area (Å²) in [6.07, 6.45) is 7.47. The number of rotatable bonds is 9. The first kappa shape index (κ1) is 30.7. The lowest BCUT2D eigenvalue weighted by atomic mass is 9.45. The van der Waals surface area contributed by atoms with E-state index in [1.54, 1.807) is 6.08 Å². The summed E-state index contributed by atoms with van der Waals surface area (Å²) in [4.78, 5) is 53.6. The van der Waals surface area contributed by atoms with E-state index in [1.165, 1.54) is 0 Å². The molecule has 0 bridgehead atoms. The maximum atomic E-state index is 13.5. The molecule has 9 nitrogen and oxygen atoms in total. The molecule has 44 heavy (non-hydrogen) atoms. The van der Waals surface area contributed by atoms with Gasteiger partial charge in [0.05, 0.1) is 12.5 Å². The van der Waals surface area contributed by atoms with E-state index in [2.05, 4.69) is 17.2 Å². The van der Waals surface area contributed by atoms with Crippen LogP contribution in [0.3, 0.4) is 0 Å². The maximum Gasteiger partial charge on any atom is 0.306 e. The number of aromatic amines is 1. The van der Waals surface area contributed by atoms with Crippen molar-refractivity contribution < 1.29 is 34.1 Å². The highest BCUT2D eigenvalue weighted by Crippen LogP contribution is 2.67. The van der Waals surface area contributed by atoms with Gasteiger partial charge in [-0.1, -0.05) is 37.6 Å². The van der Waals surface area contributed by atoms with Gasteiger partial charge in [0, 0.05) is 41.9 Å². The van der Waals surface area contributed by atoms with Crippen molar-refractivity contribution in [3.05, 3.63) is 47.7 Å². The Morgan fingerprint density at radius 2 is 1.89 bits per heavy atom. The molecule has 0 spiro atoms. The Morgan fingerprint density at radius 3 is 2.70 bits per heavy atom. The number of aromatic nitrogens is 1. The summed E-state index contributed by atoms with van der Waals surface area (Å²) in [6, 6.07) is 7.96. The number of carbonyl (C=O) groups is 4. The maximum absolute atomic E-state index is 13.5. The highest BCUT2D eigenvalue weighted by molar-refractivity contribution is 5.92. The average Bonchev–Trinajstić information content (AvgIpc) is 3.53. The summed E-state index contributed by atoms with van der Waals surface area (Å²) in [6.45, 7) is 3.95. The molecule has 0 radical (unpaired) electrons. The first-order chi connectivity index (χ1) is 21.0. The summed E-state index contributed by atoms with van der Waals surface area (Å²) >= 11 is 0. The molecule has 236 valence electrons. The molecule has 4 aliphatic carbocycles. The predicted octanol–water partition coefficient (Wildman–Crippen LogP) is 3.95. The lowest BCUT2D eigenvalue weighted by molar-refractivity contribution is -0.184. The molecule has 1 heterocycles. The van der Waals surface area contributed by atoms with Gasteiger partial charge in [-0.15, -0.1) is 0 Å². The van der Waals surface area contributed by atoms with Gasteiger partial charge in [-0.2, -0.15) is 0 Å². The van der Waals surface area contributed by atoms with Crippen LogP contribution in [-0.2, 0) is 30.3 Å². The van der Waals surface area contributed by atoms with E-state index in [0.29, 0.717) is 25.8 Å². The van der Waals surface area contributed by atoms with Crippen molar-refractivity contribution in [3.8, 4) is 0 Å². The number of hydrogen-bond donors (Lipinski definition) is 4. The van der Waals surface area contributed by atoms with Crippen molar-refractivity contribution in [2.45, 2.75) is 89.8 Å². The third kappa shape index (κ3) is 5.11. The first-order valence-electron chi connectivity index (χ1n) is 16.1. The third-order valence-corrected chi connectivity index (χ3v) is 11.8. The second-order valence-corrected chi connectivity index (χ2v) is 14.0. The van der Waals surface area contributed by atoms with E-state index in [0.717, 1.165) is 41.3 Å². The number of fused-ring (bicyclic) bond motifs is 6. The topological polar surface area (TPSA) is 146 Å². The first-order valence-corrected chi connectivity index (χ1v) is 16.1. The van der Waals surface area contributed by atoms with E-state index in [9.17, 15) is 29.4 Å². The molecular formula is C35H44N2O7. The minimum atomic E-state index is -1.71. The number of Topliss-reactive ketones (excluding diaryl/α,β-unsaturated/α-hetero) is 1. The van der Waals surface area contributed by atoms with Crippen LogP contribution in [0.1, 0.15) is 77.2 Å². The van der Waals surface area contributed by atoms with Crippen LogP contribution < -0.4 is 5.32 Å². The Hall–Kier alpha value is -3.30. The van der Waals surface area contributed by atoms with Crippen LogP contribution in [0.2, 0.25) is 0 Å². The lowest BCUT2D eigenvalue weighted by Crippen LogP contribution is -2.62. The summed E-state index contributed by atoms with van der Waals surface area (Å²) < 4.78 is 5.26. The number of esters is 1. The molecule has 4 N–H and O–H groups in total. The van der Waals surface area contributed by atoms with E-state index >= 15 is 0 Å². The summed E-state index contributed by atoms with van der Waals surface area (Å²) in [5, 5.41) is 27.3. The lowest BCUT2D eigenvalue weighted by Gasteiger charge is -2.60. The van der Waals surface area contributed by atoms with Crippen molar-refractivity contribution in [2.75, 3.05) is 13.2 Å². The van der Waals surface area contributed by atoms with Gasteiger partial charge in [-0.25, -0.2) is 0 Å². The molecule has 1 aromatic heterocycles. The molecule has 2 aromatic rings. The number of H-pyrrole nitrogens is 1. The fourth-order valence-corrected chi connectivity index (χ4v) is 9.47. The largest absolute Gasteiger partial charge is 0.458 e. The molecule has 1 aromatic carbocycles. The van der Waals surface area contributed by atoms with E-state index in [4.69, 9.17) is 4.74 Å². The number of nitrogens with one attached hydrogen (secondary N) is 2. The molecule has 3 saturated carbocycles. The Bertz CT molecular complexity index is 1510. The van der Waals surface area contributed by atoms with Gasteiger partial charge in [-0.05, 0) is 85.8 Å². The van der Waals surface area contributed by atoms with Crippen LogP contribution in [0.15, 0.2) is 42.1 Å². The second kappa shape index (κ2) is 11.6. The Kier molecular flexibility index (Phi) is 8.07. The normalized spacial score (nSPS) is 34.5. The van der Waals surface area contributed by atoms with Gasteiger partial charge in [0.15, 0.2) is 12.4 Å². The SMILES string of the molecule is C[C@]12CCC(=O)C=C1CCC1C2C(O)C[C@@]2(C)C1CC[C@]2(O)C(=O)COC(=O)CCC(=O)NCCc1c[nH]c2ccccc12. The molecule has 6 rings (SSSR count). The van der Waals surface area contributed by atoms with Gasteiger partial charge in [-0.3, -0.25) is 19.2 Å². The summed E-state index contributed by atoms with van der Waals surface area (Å²) in [5.74, 6) is -1.16. The van der Waals surface area contributed by atoms with Crippen LogP contribution in [0.5, 0.6) is 0 Å². The zero-order chi connectivity index (χ0) is 31.3. The molecule has 0 saturated heterocycles. The molecule has 9 heteroatoms. The third-order valence-electron chi connectivity index (χ3n) is 11.8. The number of amides is 1.